The zero-order chi connectivity index (χ0) is 26.4. The molecule has 0 unspecified atom stereocenters. The van der Waals surface area contributed by atoms with Gasteiger partial charge in [-0.15, -0.1) is 0 Å². The Hall–Kier alpha value is -3.08. The number of anilines is 1. The van der Waals surface area contributed by atoms with Crippen molar-refractivity contribution < 1.29 is 23.9 Å². The number of nitrogens with one attached hydrogen (secondary N) is 1. The van der Waals surface area contributed by atoms with Gasteiger partial charge in [-0.25, -0.2) is 0 Å². The van der Waals surface area contributed by atoms with Crippen molar-refractivity contribution in [1.82, 2.24) is 4.90 Å². The number of thioether (sulfide) groups is 1. The maximum atomic E-state index is 12.9. The van der Waals surface area contributed by atoms with Crippen LogP contribution in [-0.2, 0) is 16.2 Å². The van der Waals surface area contributed by atoms with Crippen LogP contribution in [-0.4, -0.2) is 35.1 Å². The Morgan fingerprint density at radius 3 is 2.32 bits per heavy atom. The van der Waals surface area contributed by atoms with Crippen molar-refractivity contribution in [1.29, 1.82) is 0 Å². The van der Waals surface area contributed by atoms with Crippen molar-refractivity contribution in [3.63, 3.8) is 0 Å². The summed E-state index contributed by atoms with van der Waals surface area (Å²) in [7, 11) is 0. The molecule has 0 aromatic heterocycles. The Bertz CT molecular complexity index is 1320. The Morgan fingerprint density at radius 2 is 1.68 bits per heavy atom. The number of amides is 3. The lowest BCUT2D eigenvalue weighted by molar-refractivity contribution is -0.127. The molecule has 0 saturated carbocycles. The molecule has 0 aliphatic carbocycles. The average molecular weight is 646 g/mol. The normalized spacial score (nSPS) is 14.2. The van der Waals surface area contributed by atoms with E-state index in [9.17, 15) is 14.4 Å². The summed E-state index contributed by atoms with van der Waals surface area (Å²) in [5, 5.41) is 2.19. The smallest absolute Gasteiger partial charge is 0.294 e. The van der Waals surface area contributed by atoms with Crippen LogP contribution in [0.25, 0.3) is 6.08 Å². The minimum atomic E-state index is -0.520. The van der Waals surface area contributed by atoms with E-state index in [-0.39, 0.29) is 11.4 Å². The summed E-state index contributed by atoms with van der Waals surface area (Å²) in [6.07, 6.45) is 1.62. The van der Waals surface area contributed by atoms with Gasteiger partial charge in [0.25, 0.3) is 11.1 Å². The summed E-state index contributed by atoms with van der Waals surface area (Å²) >= 11 is 7.84. The van der Waals surface area contributed by atoms with Crippen molar-refractivity contribution in [3.05, 3.63) is 91.7 Å². The molecule has 1 heterocycles. The zero-order valence-electron chi connectivity index (χ0n) is 19.7. The summed E-state index contributed by atoms with van der Waals surface area (Å²) in [4.78, 5) is 39.0. The molecule has 1 N–H and O–H groups in total. The molecule has 0 bridgehead atoms. The molecular weight excluding hydrogens is 624 g/mol. The lowest BCUT2D eigenvalue weighted by atomic mass is 10.2. The first kappa shape index (κ1) is 27.0. The lowest BCUT2D eigenvalue weighted by Crippen LogP contribution is -2.36. The number of rotatable bonds is 9. The molecule has 4 rings (SSSR count). The van der Waals surface area contributed by atoms with Crippen LogP contribution in [0.15, 0.2) is 80.6 Å². The fraction of sp³-hybridized carbons (Fsp3) is 0.148. The number of carbonyl (C=O) groups excluding carboxylic acids is 3. The second-order valence-electron chi connectivity index (χ2n) is 7.86. The standard InChI is InChI=1S/C27H22Br2N2O5S/c1-2-35-20-10-8-19(9-11-20)30-24(32)15-31-26(33)23(37-27(31)34)14-18-12-21(28)25(22(29)13-18)36-16-17-6-4-3-5-7-17/h3-14H,2,15-16H2,1H3,(H,30,32)/b23-14+. The summed E-state index contributed by atoms with van der Waals surface area (Å²) in [5.74, 6) is 0.317. The van der Waals surface area contributed by atoms with Gasteiger partial charge in [-0.1, -0.05) is 30.3 Å². The summed E-state index contributed by atoms with van der Waals surface area (Å²) in [6.45, 7) is 2.44. The molecule has 1 aliphatic heterocycles. The second-order valence-corrected chi connectivity index (χ2v) is 10.6. The number of hydrogen-bond acceptors (Lipinski definition) is 6. The fourth-order valence-electron chi connectivity index (χ4n) is 3.46. The molecule has 1 aliphatic rings. The van der Waals surface area contributed by atoms with E-state index in [0.717, 1.165) is 22.2 Å². The van der Waals surface area contributed by atoms with Crippen molar-refractivity contribution >= 4 is 72.4 Å². The summed E-state index contributed by atoms with van der Waals surface area (Å²) < 4.78 is 12.7. The van der Waals surface area contributed by atoms with Crippen LogP contribution in [0, 0.1) is 0 Å². The number of hydrogen-bond donors (Lipinski definition) is 1. The van der Waals surface area contributed by atoms with Gasteiger partial charge in [0.1, 0.15) is 24.7 Å². The van der Waals surface area contributed by atoms with Crippen LogP contribution < -0.4 is 14.8 Å². The molecule has 7 nitrogen and oxygen atoms in total. The molecule has 3 aromatic carbocycles. The zero-order valence-corrected chi connectivity index (χ0v) is 23.7. The van der Waals surface area contributed by atoms with Crippen LogP contribution in [0.5, 0.6) is 11.5 Å². The largest absolute Gasteiger partial charge is 0.494 e. The second kappa shape index (κ2) is 12.4. The van der Waals surface area contributed by atoms with Crippen molar-refractivity contribution in [2.75, 3.05) is 18.5 Å². The van der Waals surface area contributed by atoms with Gasteiger partial charge >= 0.3 is 0 Å². The monoisotopic (exact) mass is 644 g/mol. The van der Waals surface area contributed by atoms with Crippen molar-refractivity contribution in [2.45, 2.75) is 13.5 Å². The highest BCUT2D eigenvalue weighted by molar-refractivity contribution is 9.11. The maximum Gasteiger partial charge on any atom is 0.294 e. The topological polar surface area (TPSA) is 84.9 Å². The van der Waals surface area contributed by atoms with E-state index >= 15 is 0 Å². The maximum absolute atomic E-state index is 12.9. The van der Waals surface area contributed by atoms with E-state index in [4.69, 9.17) is 9.47 Å². The predicted molar refractivity (Wildman–Crippen MR) is 152 cm³/mol. The lowest BCUT2D eigenvalue weighted by Gasteiger charge is -2.13. The van der Waals surface area contributed by atoms with E-state index in [0.29, 0.717) is 44.9 Å². The molecule has 0 atom stereocenters. The van der Waals surface area contributed by atoms with Crippen LogP contribution in [0.3, 0.4) is 0 Å². The molecule has 37 heavy (non-hydrogen) atoms. The van der Waals surface area contributed by atoms with Gasteiger partial charge in [-0.2, -0.15) is 0 Å². The molecule has 1 saturated heterocycles. The van der Waals surface area contributed by atoms with E-state index in [1.165, 1.54) is 0 Å². The third kappa shape index (κ3) is 7.03. The predicted octanol–water partition coefficient (Wildman–Crippen LogP) is 6.86. The first-order valence-corrected chi connectivity index (χ1v) is 13.7. The van der Waals surface area contributed by atoms with E-state index in [2.05, 4.69) is 37.2 Å². The summed E-state index contributed by atoms with van der Waals surface area (Å²) in [5.41, 5.74) is 2.26. The van der Waals surface area contributed by atoms with E-state index in [1.54, 1.807) is 42.5 Å². The minimum Gasteiger partial charge on any atom is -0.494 e. The highest BCUT2D eigenvalue weighted by atomic mass is 79.9. The number of imide groups is 1. The van der Waals surface area contributed by atoms with E-state index in [1.807, 2.05) is 37.3 Å². The number of benzene rings is 3. The molecule has 1 fully saturated rings. The Labute approximate surface area is 235 Å². The molecule has 0 radical (unpaired) electrons. The molecule has 10 heteroatoms. The van der Waals surface area contributed by atoms with E-state index < -0.39 is 17.1 Å². The third-order valence-corrected chi connectivity index (χ3v) is 7.25. The summed E-state index contributed by atoms with van der Waals surface area (Å²) in [6, 6.07) is 20.3. The van der Waals surface area contributed by atoms with Gasteiger partial charge in [0, 0.05) is 5.69 Å². The van der Waals surface area contributed by atoms with Gasteiger partial charge in [0.15, 0.2) is 0 Å². The fourth-order valence-corrected chi connectivity index (χ4v) is 5.75. The van der Waals surface area contributed by atoms with Crippen LogP contribution in [0.4, 0.5) is 10.5 Å². The average Bonchev–Trinajstić information content (AvgIpc) is 3.12. The van der Waals surface area contributed by atoms with Crippen LogP contribution in [0.2, 0.25) is 0 Å². The first-order valence-electron chi connectivity index (χ1n) is 11.3. The molecule has 3 amide bonds. The highest BCUT2D eigenvalue weighted by Crippen LogP contribution is 2.38. The Kier molecular flexibility index (Phi) is 9.07. The Balaban J connectivity index is 1.40. The molecular formula is C27H22Br2N2O5S. The first-order chi connectivity index (χ1) is 17.8. The van der Waals surface area contributed by atoms with Gasteiger partial charge in [-0.3, -0.25) is 19.3 Å². The van der Waals surface area contributed by atoms with Crippen LogP contribution >= 0.6 is 43.6 Å². The number of halogens is 2. The van der Waals surface area contributed by atoms with Crippen molar-refractivity contribution in [3.8, 4) is 11.5 Å². The molecule has 190 valence electrons. The number of carbonyl (C=O) groups is 3. The minimum absolute atomic E-state index is 0.232. The Morgan fingerprint density at radius 1 is 1.00 bits per heavy atom. The van der Waals surface area contributed by atoms with Gasteiger partial charge < -0.3 is 14.8 Å². The number of ether oxygens (including phenoxy) is 2. The van der Waals surface area contributed by atoms with Gasteiger partial charge in [0.05, 0.1) is 20.5 Å². The highest BCUT2D eigenvalue weighted by Gasteiger charge is 2.36. The molecule has 0 spiro atoms. The quantitative estimate of drug-likeness (QED) is 0.256. The van der Waals surface area contributed by atoms with Gasteiger partial charge in [-0.05, 0) is 104 Å². The van der Waals surface area contributed by atoms with Crippen LogP contribution in [0.1, 0.15) is 18.1 Å². The van der Waals surface area contributed by atoms with Gasteiger partial charge in [0.2, 0.25) is 5.91 Å². The third-order valence-electron chi connectivity index (χ3n) is 5.17. The number of nitrogens with zero attached hydrogens (tertiary/aromatic N) is 1. The van der Waals surface area contributed by atoms with Crippen molar-refractivity contribution in [2.24, 2.45) is 0 Å². The SMILES string of the molecule is CCOc1ccc(NC(=O)CN2C(=O)S/C(=C/c3cc(Br)c(OCc4ccccc4)c(Br)c3)C2=O)cc1. The molecule has 3 aromatic rings.